The Morgan fingerprint density at radius 3 is 2.72 bits per heavy atom. The van der Waals surface area contributed by atoms with Gasteiger partial charge in [-0.15, -0.1) is 5.10 Å². The monoisotopic (exact) mass is 263 g/mol. The summed E-state index contributed by atoms with van der Waals surface area (Å²) in [6, 6.07) is 9.35. The first-order valence-electron chi connectivity index (χ1n) is 5.56. The van der Waals surface area contributed by atoms with Crippen LogP contribution in [0.3, 0.4) is 0 Å². The molecule has 1 heterocycles. The van der Waals surface area contributed by atoms with Crippen molar-refractivity contribution in [3.63, 3.8) is 0 Å². The van der Waals surface area contributed by atoms with Gasteiger partial charge in [0.15, 0.2) is 0 Å². The molecule has 1 aromatic carbocycles. The van der Waals surface area contributed by atoms with Gasteiger partial charge in [0, 0.05) is 17.1 Å². The summed E-state index contributed by atoms with van der Waals surface area (Å²) < 4.78 is 5.27. The van der Waals surface area contributed by atoms with Gasteiger partial charge in [0.05, 0.1) is 12.8 Å². The van der Waals surface area contributed by atoms with Crippen molar-refractivity contribution in [3.8, 4) is 5.75 Å². The predicted octanol–water partition coefficient (Wildman–Crippen LogP) is 3.06. The van der Waals surface area contributed by atoms with Crippen LogP contribution in [0.2, 0.25) is 5.02 Å². The number of hydrogen-bond donors (Lipinski definition) is 1. The van der Waals surface area contributed by atoms with Gasteiger partial charge < -0.3 is 10.1 Å². The first-order valence-corrected chi connectivity index (χ1v) is 5.94. The fourth-order valence-corrected chi connectivity index (χ4v) is 1.81. The Morgan fingerprint density at radius 2 is 2.06 bits per heavy atom. The highest BCUT2D eigenvalue weighted by molar-refractivity contribution is 6.31. The summed E-state index contributed by atoms with van der Waals surface area (Å²) in [5.41, 5.74) is 1.79. The number of anilines is 1. The minimum Gasteiger partial charge on any atom is -0.496 e. The van der Waals surface area contributed by atoms with Gasteiger partial charge in [-0.25, -0.2) is 0 Å². The lowest BCUT2D eigenvalue weighted by Crippen LogP contribution is -2.04. The average molecular weight is 264 g/mol. The maximum absolute atomic E-state index is 6.14. The molecule has 0 saturated carbocycles. The third-order valence-electron chi connectivity index (χ3n) is 2.54. The molecule has 94 valence electrons. The Bertz CT molecular complexity index is 528. The minimum absolute atomic E-state index is 0.542. The zero-order valence-corrected chi connectivity index (χ0v) is 11.0. The highest BCUT2D eigenvalue weighted by Gasteiger charge is 2.07. The van der Waals surface area contributed by atoms with Crippen LogP contribution in [0, 0.1) is 6.92 Å². The van der Waals surface area contributed by atoms with E-state index in [4.69, 9.17) is 16.3 Å². The standard InChI is InChI=1S/C13H14ClN3O/c1-9-6-7-13(17-16-9)15-8-10-11(14)4-3-5-12(10)18-2/h3-7H,8H2,1-2H3,(H,15,17). The van der Waals surface area contributed by atoms with Crippen LogP contribution in [-0.2, 0) is 6.54 Å². The molecule has 0 spiro atoms. The van der Waals surface area contributed by atoms with Crippen LogP contribution in [0.15, 0.2) is 30.3 Å². The van der Waals surface area contributed by atoms with Crippen LogP contribution in [0.4, 0.5) is 5.82 Å². The predicted molar refractivity (Wildman–Crippen MR) is 72.1 cm³/mol. The Morgan fingerprint density at radius 1 is 1.22 bits per heavy atom. The molecule has 1 N–H and O–H groups in total. The molecular formula is C13H14ClN3O. The number of benzene rings is 1. The highest BCUT2D eigenvalue weighted by Crippen LogP contribution is 2.26. The van der Waals surface area contributed by atoms with Crippen molar-refractivity contribution >= 4 is 17.4 Å². The largest absolute Gasteiger partial charge is 0.496 e. The van der Waals surface area contributed by atoms with Gasteiger partial charge in [-0.3, -0.25) is 0 Å². The summed E-state index contributed by atoms with van der Waals surface area (Å²) in [5.74, 6) is 1.47. The molecule has 0 amide bonds. The van der Waals surface area contributed by atoms with Crippen LogP contribution in [0.25, 0.3) is 0 Å². The second kappa shape index (κ2) is 5.69. The fraction of sp³-hybridized carbons (Fsp3) is 0.231. The van der Waals surface area contributed by atoms with Crippen molar-refractivity contribution in [2.45, 2.75) is 13.5 Å². The van der Waals surface area contributed by atoms with Crippen LogP contribution in [0.1, 0.15) is 11.3 Å². The number of halogens is 1. The molecule has 0 aliphatic carbocycles. The van der Waals surface area contributed by atoms with Crippen LogP contribution in [0.5, 0.6) is 5.75 Å². The molecule has 0 unspecified atom stereocenters. The van der Waals surface area contributed by atoms with Crippen molar-refractivity contribution in [2.75, 3.05) is 12.4 Å². The van der Waals surface area contributed by atoms with E-state index < -0.39 is 0 Å². The highest BCUT2D eigenvalue weighted by atomic mass is 35.5. The molecule has 2 aromatic rings. The van der Waals surface area contributed by atoms with E-state index >= 15 is 0 Å². The molecule has 18 heavy (non-hydrogen) atoms. The normalized spacial score (nSPS) is 10.2. The van der Waals surface area contributed by atoms with E-state index in [9.17, 15) is 0 Å². The number of aromatic nitrogens is 2. The van der Waals surface area contributed by atoms with E-state index in [1.54, 1.807) is 7.11 Å². The molecule has 0 aliphatic rings. The molecule has 0 radical (unpaired) electrons. The Balaban J connectivity index is 2.12. The van der Waals surface area contributed by atoms with E-state index in [2.05, 4.69) is 15.5 Å². The average Bonchev–Trinajstić information content (AvgIpc) is 2.39. The number of hydrogen-bond acceptors (Lipinski definition) is 4. The molecule has 0 bridgehead atoms. The van der Waals surface area contributed by atoms with E-state index in [0.29, 0.717) is 17.4 Å². The fourth-order valence-electron chi connectivity index (χ4n) is 1.57. The maximum Gasteiger partial charge on any atom is 0.148 e. The third kappa shape index (κ3) is 2.90. The molecule has 0 aliphatic heterocycles. The number of ether oxygens (including phenoxy) is 1. The Kier molecular flexibility index (Phi) is 3.99. The lowest BCUT2D eigenvalue weighted by atomic mass is 10.2. The molecule has 0 saturated heterocycles. The van der Waals surface area contributed by atoms with Crippen LogP contribution >= 0.6 is 11.6 Å². The molecule has 2 rings (SSSR count). The first-order chi connectivity index (χ1) is 8.70. The van der Waals surface area contributed by atoms with E-state index in [1.165, 1.54) is 0 Å². The minimum atomic E-state index is 0.542. The van der Waals surface area contributed by atoms with Gasteiger partial charge in [0.25, 0.3) is 0 Å². The second-order valence-electron chi connectivity index (χ2n) is 3.83. The lowest BCUT2D eigenvalue weighted by Gasteiger charge is -2.11. The number of nitrogens with one attached hydrogen (secondary N) is 1. The molecule has 0 fully saturated rings. The van der Waals surface area contributed by atoms with Crippen molar-refractivity contribution in [2.24, 2.45) is 0 Å². The molecule has 5 heteroatoms. The smallest absolute Gasteiger partial charge is 0.148 e. The summed E-state index contributed by atoms with van der Waals surface area (Å²) >= 11 is 6.14. The van der Waals surface area contributed by atoms with Crippen LogP contribution in [-0.4, -0.2) is 17.3 Å². The van der Waals surface area contributed by atoms with Crippen LogP contribution < -0.4 is 10.1 Å². The maximum atomic E-state index is 6.14. The second-order valence-corrected chi connectivity index (χ2v) is 4.24. The Labute approximate surface area is 111 Å². The van der Waals surface area contributed by atoms with Crippen molar-refractivity contribution < 1.29 is 4.74 Å². The topological polar surface area (TPSA) is 47.0 Å². The molecule has 0 atom stereocenters. The molecule has 1 aromatic heterocycles. The first kappa shape index (κ1) is 12.6. The zero-order chi connectivity index (χ0) is 13.0. The SMILES string of the molecule is COc1cccc(Cl)c1CNc1ccc(C)nn1. The van der Waals surface area contributed by atoms with E-state index in [0.717, 1.165) is 17.0 Å². The van der Waals surface area contributed by atoms with E-state index in [-0.39, 0.29) is 0 Å². The van der Waals surface area contributed by atoms with Gasteiger partial charge in [-0.05, 0) is 31.2 Å². The summed E-state index contributed by atoms with van der Waals surface area (Å²) in [6.07, 6.45) is 0. The van der Waals surface area contributed by atoms with Gasteiger partial charge >= 0.3 is 0 Å². The summed E-state index contributed by atoms with van der Waals surface area (Å²) in [6.45, 7) is 2.44. The summed E-state index contributed by atoms with van der Waals surface area (Å²) in [5, 5.41) is 11.8. The zero-order valence-electron chi connectivity index (χ0n) is 10.3. The van der Waals surface area contributed by atoms with Crippen molar-refractivity contribution in [1.29, 1.82) is 0 Å². The number of rotatable bonds is 4. The third-order valence-corrected chi connectivity index (χ3v) is 2.89. The summed E-state index contributed by atoms with van der Waals surface area (Å²) in [7, 11) is 1.63. The number of aryl methyl sites for hydroxylation is 1. The molecule has 4 nitrogen and oxygen atoms in total. The van der Waals surface area contributed by atoms with E-state index in [1.807, 2.05) is 37.3 Å². The molecular weight excluding hydrogens is 250 g/mol. The van der Waals surface area contributed by atoms with Gasteiger partial charge in [-0.2, -0.15) is 5.10 Å². The van der Waals surface area contributed by atoms with Gasteiger partial charge in [-0.1, -0.05) is 17.7 Å². The number of nitrogens with zero attached hydrogens (tertiary/aromatic N) is 2. The quantitative estimate of drug-likeness (QED) is 0.921. The number of methoxy groups -OCH3 is 1. The van der Waals surface area contributed by atoms with Crippen molar-refractivity contribution in [3.05, 3.63) is 46.6 Å². The lowest BCUT2D eigenvalue weighted by molar-refractivity contribution is 0.410. The van der Waals surface area contributed by atoms with Gasteiger partial charge in [0.2, 0.25) is 0 Å². The van der Waals surface area contributed by atoms with Crippen molar-refractivity contribution in [1.82, 2.24) is 10.2 Å². The van der Waals surface area contributed by atoms with Gasteiger partial charge in [0.1, 0.15) is 11.6 Å². The summed E-state index contributed by atoms with van der Waals surface area (Å²) in [4.78, 5) is 0. The Hall–Kier alpha value is -1.81.